The molecule has 0 heterocycles. The zero-order valence-electron chi connectivity index (χ0n) is 17.4. The SMILES string of the molecule is CC[C@@H](NC(=O)[C@H](C)Oc1ccc(N(C)S(C)(=O)=O)cc1)c1ccc(OC)cc1. The lowest BCUT2D eigenvalue weighted by Crippen LogP contribution is -2.38. The molecule has 1 amide bonds. The van der Waals surface area contributed by atoms with Gasteiger partial charge < -0.3 is 14.8 Å². The Kier molecular flexibility index (Phi) is 7.50. The van der Waals surface area contributed by atoms with Gasteiger partial charge >= 0.3 is 0 Å². The van der Waals surface area contributed by atoms with E-state index in [1.54, 1.807) is 38.3 Å². The number of nitrogens with zero attached hydrogens (tertiary/aromatic N) is 1. The first-order valence-electron chi connectivity index (χ1n) is 9.30. The van der Waals surface area contributed by atoms with Crippen molar-refractivity contribution in [2.45, 2.75) is 32.4 Å². The zero-order valence-corrected chi connectivity index (χ0v) is 18.2. The average Bonchev–Trinajstić information content (AvgIpc) is 2.71. The zero-order chi connectivity index (χ0) is 21.6. The first kappa shape index (κ1) is 22.5. The molecule has 0 aliphatic carbocycles. The Balaban J connectivity index is 2.00. The summed E-state index contributed by atoms with van der Waals surface area (Å²) >= 11 is 0. The van der Waals surface area contributed by atoms with Crippen molar-refractivity contribution in [2.24, 2.45) is 0 Å². The van der Waals surface area contributed by atoms with Crippen LogP contribution in [0.2, 0.25) is 0 Å². The van der Waals surface area contributed by atoms with Gasteiger partial charge in [-0.05, 0) is 55.3 Å². The maximum atomic E-state index is 12.6. The van der Waals surface area contributed by atoms with Crippen molar-refractivity contribution >= 4 is 21.6 Å². The van der Waals surface area contributed by atoms with E-state index in [-0.39, 0.29) is 11.9 Å². The number of methoxy groups -OCH3 is 1. The summed E-state index contributed by atoms with van der Waals surface area (Å²) in [5.41, 5.74) is 1.50. The van der Waals surface area contributed by atoms with Crippen LogP contribution in [0.15, 0.2) is 48.5 Å². The van der Waals surface area contributed by atoms with E-state index in [0.717, 1.165) is 24.0 Å². The summed E-state index contributed by atoms with van der Waals surface area (Å²) in [7, 11) is -0.245. The second kappa shape index (κ2) is 9.65. The van der Waals surface area contributed by atoms with Crippen molar-refractivity contribution < 1.29 is 22.7 Å². The first-order valence-corrected chi connectivity index (χ1v) is 11.2. The molecule has 0 aliphatic rings. The summed E-state index contributed by atoms with van der Waals surface area (Å²) in [6, 6.07) is 14.0. The van der Waals surface area contributed by atoms with Gasteiger partial charge in [0.2, 0.25) is 10.0 Å². The lowest BCUT2D eigenvalue weighted by molar-refractivity contribution is -0.128. The number of hydrogen-bond donors (Lipinski definition) is 1. The Bertz CT molecular complexity index is 911. The lowest BCUT2D eigenvalue weighted by Gasteiger charge is -2.21. The Hall–Kier alpha value is -2.74. The molecule has 0 spiro atoms. The number of anilines is 1. The van der Waals surface area contributed by atoms with Crippen LogP contribution in [0.25, 0.3) is 0 Å². The number of benzene rings is 2. The summed E-state index contributed by atoms with van der Waals surface area (Å²) in [6.07, 6.45) is 1.16. The second-order valence-electron chi connectivity index (χ2n) is 6.73. The summed E-state index contributed by atoms with van der Waals surface area (Å²) < 4.78 is 35.3. The predicted octanol–water partition coefficient (Wildman–Crippen LogP) is 3.13. The fourth-order valence-corrected chi connectivity index (χ4v) is 3.23. The highest BCUT2D eigenvalue weighted by atomic mass is 32.2. The molecule has 2 atom stereocenters. The molecule has 0 aliphatic heterocycles. The van der Waals surface area contributed by atoms with Crippen LogP contribution in [0.4, 0.5) is 5.69 Å². The molecular weight excluding hydrogens is 392 g/mol. The molecule has 0 aromatic heterocycles. The van der Waals surface area contributed by atoms with Crippen molar-refractivity contribution in [1.29, 1.82) is 0 Å². The van der Waals surface area contributed by atoms with Crippen LogP contribution in [0.5, 0.6) is 11.5 Å². The molecule has 2 aromatic rings. The predicted molar refractivity (Wildman–Crippen MR) is 114 cm³/mol. The molecular formula is C21H28N2O5S. The highest BCUT2D eigenvalue weighted by molar-refractivity contribution is 7.92. The number of hydrogen-bond acceptors (Lipinski definition) is 5. The molecule has 0 radical (unpaired) electrons. The highest BCUT2D eigenvalue weighted by Gasteiger charge is 2.20. The largest absolute Gasteiger partial charge is 0.497 e. The minimum Gasteiger partial charge on any atom is -0.497 e. The van der Waals surface area contributed by atoms with Crippen LogP contribution in [0.3, 0.4) is 0 Å². The van der Waals surface area contributed by atoms with Gasteiger partial charge in [0.15, 0.2) is 6.10 Å². The van der Waals surface area contributed by atoms with E-state index in [1.807, 2.05) is 31.2 Å². The van der Waals surface area contributed by atoms with Gasteiger partial charge in [0.25, 0.3) is 5.91 Å². The van der Waals surface area contributed by atoms with Crippen molar-refractivity contribution in [1.82, 2.24) is 5.32 Å². The van der Waals surface area contributed by atoms with Gasteiger partial charge in [-0.15, -0.1) is 0 Å². The summed E-state index contributed by atoms with van der Waals surface area (Å²) in [5.74, 6) is 1.01. The normalized spacial score (nSPS) is 13.3. The van der Waals surface area contributed by atoms with Crippen molar-refractivity contribution in [3.63, 3.8) is 0 Å². The number of carbonyl (C=O) groups is 1. The van der Waals surface area contributed by atoms with Gasteiger partial charge in [0, 0.05) is 7.05 Å². The van der Waals surface area contributed by atoms with E-state index in [2.05, 4.69) is 5.32 Å². The third-order valence-electron chi connectivity index (χ3n) is 4.62. The number of sulfonamides is 1. The topological polar surface area (TPSA) is 84.9 Å². The summed E-state index contributed by atoms with van der Waals surface area (Å²) in [6.45, 7) is 3.67. The van der Waals surface area contributed by atoms with Gasteiger partial charge in [0.05, 0.1) is 25.1 Å². The third-order valence-corrected chi connectivity index (χ3v) is 5.83. The molecule has 0 bridgehead atoms. The van der Waals surface area contributed by atoms with Crippen LogP contribution in [-0.4, -0.2) is 40.8 Å². The van der Waals surface area contributed by atoms with Crippen molar-refractivity contribution in [2.75, 3.05) is 24.7 Å². The molecule has 0 unspecified atom stereocenters. The van der Waals surface area contributed by atoms with Crippen molar-refractivity contribution in [3.8, 4) is 11.5 Å². The average molecular weight is 421 g/mol. The van der Waals surface area contributed by atoms with E-state index < -0.39 is 16.1 Å². The molecule has 29 heavy (non-hydrogen) atoms. The van der Waals surface area contributed by atoms with E-state index >= 15 is 0 Å². The molecule has 1 N–H and O–H groups in total. The van der Waals surface area contributed by atoms with Gasteiger partial charge in [-0.1, -0.05) is 19.1 Å². The molecule has 7 nitrogen and oxygen atoms in total. The maximum absolute atomic E-state index is 12.6. The van der Waals surface area contributed by atoms with Crippen LogP contribution in [0, 0.1) is 0 Å². The van der Waals surface area contributed by atoms with Gasteiger partial charge in [-0.25, -0.2) is 8.42 Å². The van der Waals surface area contributed by atoms with E-state index in [9.17, 15) is 13.2 Å². The smallest absolute Gasteiger partial charge is 0.261 e. The van der Waals surface area contributed by atoms with Gasteiger partial charge in [0.1, 0.15) is 11.5 Å². The van der Waals surface area contributed by atoms with Gasteiger partial charge in [-0.3, -0.25) is 9.10 Å². The Labute approximate surface area is 172 Å². The molecule has 0 saturated carbocycles. The van der Waals surface area contributed by atoms with Crippen LogP contribution >= 0.6 is 0 Å². The summed E-state index contributed by atoms with van der Waals surface area (Å²) in [4.78, 5) is 12.6. The van der Waals surface area contributed by atoms with E-state index in [1.165, 1.54) is 11.4 Å². The fraction of sp³-hybridized carbons (Fsp3) is 0.381. The number of ether oxygens (including phenoxy) is 2. The van der Waals surface area contributed by atoms with Crippen LogP contribution < -0.4 is 19.1 Å². The quantitative estimate of drug-likeness (QED) is 0.674. The molecule has 2 rings (SSSR count). The second-order valence-corrected chi connectivity index (χ2v) is 8.74. The Morgan fingerprint density at radius 1 is 1.07 bits per heavy atom. The number of amides is 1. The minimum absolute atomic E-state index is 0.134. The highest BCUT2D eigenvalue weighted by Crippen LogP contribution is 2.22. The standard InChI is InChI=1S/C21H28N2O5S/c1-6-20(16-7-11-18(27-4)12-8-16)22-21(24)15(2)28-19-13-9-17(10-14-19)23(3)29(5,25)26/h7-15,20H,6H2,1-5H3,(H,22,24)/t15-,20+/m0/s1. The number of nitrogens with one attached hydrogen (secondary N) is 1. The van der Waals surface area contributed by atoms with Gasteiger partial charge in [-0.2, -0.15) is 0 Å². The molecule has 158 valence electrons. The molecule has 8 heteroatoms. The first-order chi connectivity index (χ1) is 13.7. The molecule has 2 aromatic carbocycles. The van der Waals surface area contributed by atoms with E-state index in [4.69, 9.17) is 9.47 Å². The Morgan fingerprint density at radius 2 is 1.62 bits per heavy atom. The van der Waals surface area contributed by atoms with Crippen LogP contribution in [-0.2, 0) is 14.8 Å². The lowest BCUT2D eigenvalue weighted by atomic mass is 10.0. The van der Waals surface area contributed by atoms with E-state index in [0.29, 0.717) is 11.4 Å². The third kappa shape index (κ3) is 6.12. The molecule has 0 fully saturated rings. The number of rotatable bonds is 9. The summed E-state index contributed by atoms with van der Waals surface area (Å²) in [5, 5.41) is 3.00. The maximum Gasteiger partial charge on any atom is 0.261 e. The van der Waals surface area contributed by atoms with Crippen molar-refractivity contribution in [3.05, 3.63) is 54.1 Å². The molecule has 0 saturated heterocycles. The van der Waals surface area contributed by atoms with Crippen LogP contribution in [0.1, 0.15) is 31.9 Å². The fourth-order valence-electron chi connectivity index (χ4n) is 2.73. The number of carbonyl (C=O) groups excluding carboxylic acids is 1. The monoisotopic (exact) mass is 420 g/mol. The Morgan fingerprint density at radius 3 is 2.10 bits per heavy atom. The minimum atomic E-state index is -3.33.